The van der Waals surface area contributed by atoms with Gasteiger partial charge in [0, 0.05) is 19.1 Å². The van der Waals surface area contributed by atoms with Crippen molar-refractivity contribution in [1.29, 1.82) is 0 Å². The number of likely N-dealkylation sites (N-methyl/N-ethyl adjacent to an activating group) is 1. The van der Waals surface area contributed by atoms with Gasteiger partial charge in [-0.25, -0.2) is 4.98 Å². The van der Waals surface area contributed by atoms with Crippen molar-refractivity contribution in [2.24, 2.45) is 0 Å². The molecule has 1 unspecified atom stereocenters. The topological polar surface area (TPSA) is 36.4 Å². The number of hydrogen-bond donors (Lipinski definition) is 0. The van der Waals surface area contributed by atoms with Crippen LogP contribution in [0.5, 0.6) is 0 Å². The zero-order valence-corrected chi connectivity index (χ0v) is 10.8. The van der Waals surface area contributed by atoms with E-state index in [-0.39, 0.29) is 17.6 Å². The van der Waals surface area contributed by atoms with Gasteiger partial charge in [0.25, 0.3) is 5.91 Å². The van der Waals surface area contributed by atoms with E-state index in [2.05, 4.69) is 9.88 Å². The number of halogens is 1. The summed E-state index contributed by atoms with van der Waals surface area (Å²) in [6.45, 7) is 1.57. The molecule has 2 rings (SSSR count). The largest absolute Gasteiger partial charge is 0.333 e. The Morgan fingerprint density at radius 1 is 1.56 bits per heavy atom. The van der Waals surface area contributed by atoms with Crippen LogP contribution in [0.1, 0.15) is 23.3 Å². The molecule has 0 bridgehead atoms. The van der Waals surface area contributed by atoms with Crippen molar-refractivity contribution in [1.82, 2.24) is 14.8 Å². The number of hydrogen-bond acceptors (Lipinski definition) is 3. The van der Waals surface area contributed by atoms with Crippen molar-refractivity contribution >= 4 is 5.91 Å². The van der Waals surface area contributed by atoms with Crippen LogP contribution in [0.2, 0.25) is 0 Å². The molecule has 1 aromatic rings. The average Bonchev–Trinajstić information content (AvgIpc) is 2.75. The highest BCUT2D eigenvalue weighted by atomic mass is 19.1. The third-order valence-electron chi connectivity index (χ3n) is 3.15. The summed E-state index contributed by atoms with van der Waals surface area (Å²) in [5.41, 5.74) is 0.195. The van der Waals surface area contributed by atoms with Crippen molar-refractivity contribution in [2.45, 2.75) is 18.9 Å². The van der Waals surface area contributed by atoms with Crippen molar-refractivity contribution < 1.29 is 9.18 Å². The molecule has 4 nitrogen and oxygen atoms in total. The number of likely N-dealkylation sites (tertiary alicyclic amines) is 1. The molecule has 0 N–H and O–H groups in total. The summed E-state index contributed by atoms with van der Waals surface area (Å²) < 4.78 is 13.0. The van der Waals surface area contributed by atoms with Crippen LogP contribution in [-0.2, 0) is 0 Å². The van der Waals surface area contributed by atoms with Crippen LogP contribution in [0.15, 0.2) is 18.2 Å². The highest BCUT2D eigenvalue weighted by molar-refractivity contribution is 5.92. The zero-order valence-electron chi connectivity index (χ0n) is 10.8. The SMILES string of the molecule is CN(C)CC1CCCN1C(=O)c1cccc(F)n1. The summed E-state index contributed by atoms with van der Waals surface area (Å²) in [4.78, 5) is 19.8. The van der Waals surface area contributed by atoms with Gasteiger partial charge in [0.05, 0.1) is 0 Å². The van der Waals surface area contributed by atoms with Gasteiger partial charge in [-0.05, 0) is 39.1 Å². The van der Waals surface area contributed by atoms with Gasteiger partial charge in [-0.3, -0.25) is 4.79 Å². The van der Waals surface area contributed by atoms with Gasteiger partial charge in [0.1, 0.15) is 5.69 Å². The van der Waals surface area contributed by atoms with E-state index in [0.717, 1.165) is 25.9 Å². The minimum absolute atomic E-state index is 0.168. The lowest BCUT2D eigenvalue weighted by molar-refractivity contribution is 0.0709. The Kier molecular flexibility index (Phi) is 3.91. The average molecular weight is 251 g/mol. The number of pyridine rings is 1. The van der Waals surface area contributed by atoms with Gasteiger partial charge in [-0.2, -0.15) is 4.39 Å². The van der Waals surface area contributed by atoms with E-state index in [1.165, 1.54) is 12.1 Å². The lowest BCUT2D eigenvalue weighted by Crippen LogP contribution is -2.41. The molecule has 1 aliphatic heterocycles. The molecule has 0 saturated carbocycles. The summed E-state index contributed by atoms with van der Waals surface area (Å²) in [7, 11) is 3.98. The predicted molar refractivity (Wildman–Crippen MR) is 66.8 cm³/mol. The fraction of sp³-hybridized carbons (Fsp3) is 0.538. The summed E-state index contributed by atoms with van der Waals surface area (Å²) in [6, 6.07) is 4.54. The van der Waals surface area contributed by atoms with Gasteiger partial charge in [-0.15, -0.1) is 0 Å². The molecule has 5 heteroatoms. The second kappa shape index (κ2) is 5.44. The zero-order chi connectivity index (χ0) is 13.1. The van der Waals surface area contributed by atoms with E-state index in [0.29, 0.717) is 0 Å². The highest BCUT2D eigenvalue weighted by Gasteiger charge is 2.30. The molecule has 1 saturated heterocycles. The van der Waals surface area contributed by atoms with Crippen LogP contribution in [0.4, 0.5) is 4.39 Å². The van der Waals surface area contributed by atoms with Gasteiger partial charge in [0.15, 0.2) is 0 Å². The lowest BCUT2D eigenvalue weighted by atomic mass is 10.2. The molecule has 1 aliphatic rings. The molecule has 1 amide bonds. The predicted octanol–water partition coefficient (Wildman–Crippen LogP) is 1.39. The van der Waals surface area contributed by atoms with E-state index in [9.17, 15) is 9.18 Å². The Bertz CT molecular complexity index is 436. The monoisotopic (exact) mass is 251 g/mol. The molecule has 98 valence electrons. The fourth-order valence-corrected chi connectivity index (χ4v) is 2.39. The first-order chi connectivity index (χ1) is 8.58. The number of aromatic nitrogens is 1. The summed E-state index contributed by atoms with van der Waals surface area (Å²) in [5.74, 6) is -0.775. The Morgan fingerprint density at radius 3 is 3.00 bits per heavy atom. The summed E-state index contributed by atoms with van der Waals surface area (Å²) in [6.07, 6.45) is 2.00. The fourth-order valence-electron chi connectivity index (χ4n) is 2.39. The van der Waals surface area contributed by atoms with Crippen LogP contribution < -0.4 is 0 Å². The van der Waals surface area contributed by atoms with E-state index in [1.807, 2.05) is 19.0 Å². The maximum absolute atomic E-state index is 13.0. The molecule has 0 spiro atoms. The first-order valence-electron chi connectivity index (χ1n) is 6.16. The van der Waals surface area contributed by atoms with Crippen LogP contribution in [0.25, 0.3) is 0 Å². The van der Waals surface area contributed by atoms with E-state index in [1.54, 1.807) is 6.07 Å². The van der Waals surface area contributed by atoms with Crippen molar-refractivity contribution in [3.63, 3.8) is 0 Å². The lowest BCUT2D eigenvalue weighted by Gasteiger charge is -2.26. The van der Waals surface area contributed by atoms with Crippen LogP contribution in [0, 0.1) is 5.95 Å². The Labute approximate surface area is 106 Å². The summed E-state index contributed by atoms with van der Waals surface area (Å²) >= 11 is 0. The first kappa shape index (κ1) is 13.0. The number of nitrogens with zero attached hydrogens (tertiary/aromatic N) is 3. The standard InChI is InChI=1S/C13H18FN3O/c1-16(2)9-10-5-4-8-17(10)13(18)11-6-3-7-12(14)15-11/h3,6-7,10H,4-5,8-9H2,1-2H3. The number of carbonyl (C=O) groups excluding carboxylic acids is 1. The molecule has 0 aromatic carbocycles. The smallest absolute Gasteiger partial charge is 0.272 e. The number of carbonyl (C=O) groups is 1. The molecule has 18 heavy (non-hydrogen) atoms. The maximum Gasteiger partial charge on any atom is 0.272 e. The van der Waals surface area contributed by atoms with Crippen LogP contribution >= 0.6 is 0 Å². The molecule has 2 heterocycles. The minimum Gasteiger partial charge on any atom is -0.333 e. The Hall–Kier alpha value is -1.49. The van der Waals surface area contributed by atoms with Crippen LogP contribution in [0.3, 0.4) is 0 Å². The van der Waals surface area contributed by atoms with Gasteiger partial charge in [0.2, 0.25) is 5.95 Å². The van der Waals surface area contributed by atoms with Gasteiger partial charge in [-0.1, -0.05) is 6.07 Å². The van der Waals surface area contributed by atoms with Crippen molar-refractivity contribution in [3.8, 4) is 0 Å². The normalized spacial score (nSPS) is 19.6. The molecular weight excluding hydrogens is 233 g/mol. The third-order valence-corrected chi connectivity index (χ3v) is 3.15. The molecule has 0 radical (unpaired) electrons. The van der Waals surface area contributed by atoms with Gasteiger partial charge >= 0.3 is 0 Å². The second-order valence-corrected chi connectivity index (χ2v) is 4.90. The van der Waals surface area contributed by atoms with Crippen molar-refractivity contribution in [2.75, 3.05) is 27.2 Å². The number of amides is 1. The molecule has 1 atom stereocenters. The minimum atomic E-state index is -0.607. The quantitative estimate of drug-likeness (QED) is 0.762. The number of rotatable bonds is 3. The Morgan fingerprint density at radius 2 is 2.33 bits per heavy atom. The molecule has 0 aliphatic carbocycles. The first-order valence-corrected chi connectivity index (χ1v) is 6.16. The molecular formula is C13H18FN3O. The van der Waals surface area contributed by atoms with Gasteiger partial charge < -0.3 is 9.80 Å². The van der Waals surface area contributed by atoms with E-state index < -0.39 is 5.95 Å². The Balaban J connectivity index is 2.12. The van der Waals surface area contributed by atoms with E-state index >= 15 is 0 Å². The van der Waals surface area contributed by atoms with Crippen LogP contribution in [-0.4, -0.2) is 53.9 Å². The van der Waals surface area contributed by atoms with E-state index in [4.69, 9.17) is 0 Å². The van der Waals surface area contributed by atoms with Crippen molar-refractivity contribution in [3.05, 3.63) is 29.8 Å². The summed E-state index contributed by atoms with van der Waals surface area (Å²) in [5, 5.41) is 0. The maximum atomic E-state index is 13.0. The highest BCUT2D eigenvalue weighted by Crippen LogP contribution is 2.20. The molecule has 1 fully saturated rings. The second-order valence-electron chi connectivity index (χ2n) is 4.90. The third kappa shape index (κ3) is 2.85. The molecule has 1 aromatic heterocycles.